The highest BCUT2D eigenvalue weighted by atomic mass is 32.2. The monoisotopic (exact) mass is 587 g/mol. The van der Waals surface area contributed by atoms with Crippen LogP contribution in [0.3, 0.4) is 0 Å². The van der Waals surface area contributed by atoms with E-state index in [1.807, 2.05) is 0 Å². The molecule has 0 bridgehead atoms. The molecule has 13 heteroatoms. The van der Waals surface area contributed by atoms with E-state index in [4.69, 9.17) is 4.74 Å². The topological polar surface area (TPSA) is 61.9 Å². The van der Waals surface area contributed by atoms with Crippen LogP contribution in [0.25, 0.3) is 6.08 Å². The molecular weight excluding hydrogens is 560 g/mol. The van der Waals surface area contributed by atoms with Crippen molar-refractivity contribution in [3.8, 4) is 0 Å². The Bertz CT molecular complexity index is 1280. The molecule has 0 aliphatic carbocycles. The molecule has 2 saturated heterocycles. The second-order valence-electron chi connectivity index (χ2n) is 9.39. The summed E-state index contributed by atoms with van der Waals surface area (Å²) in [6.07, 6.45) is -8.33. The zero-order valence-corrected chi connectivity index (χ0v) is 22.3. The van der Waals surface area contributed by atoms with Gasteiger partial charge in [-0.3, -0.25) is 9.59 Å². The van der Waals surface area contributed by atoms with E-state index in [1.165, 1.54) is 17.9 Å². The van der Waals surface area contributed by atoms with E-state index in [-0.39, 0.29) is 38.3 Å². The van der Waals surface area contributed by atoms with Gasteiger partial charge in [-0.2, -0.15) is 26.3 Å². The summed E-state index contributed by atoms with van der Waals surface area (Å²) in [4.78, 5) is 26.7. The molecule has 0 spiro atoms. The summed E-state index contributed by atoms with van der Waals surface area (Å²) < 4.78 is 90.1. The Morgan fingerprint density at radius 3 is 2.30 bits per heavy atom. The van der Waals surface area contributed by atoms with E-state index in [1.54, 1.807) is 23.1 Å². The number of rotatable bonds is 6. The number of benzene rings is 2. The molecule has 40 heavy (non-hydrogen) atoms. The molecule has 2 aliphatic rings. The molecule has 216 valence electrons. The second-order valence-corrected chi connectivity index (χ2v) is 10.5. The molecule has 2 aromatic carbocycles. The minimum atomic E-state index is -5.34. The highest BCUT2D eigenvalue weighted by molar-refractivity contribution is 7.99. The number of alkyl halides is 6. The van der Waals surface area contributed by atoms with E-state index in [0.717, 1.165) is 24.3 Å². The van der Waals surface area contributed by atoms with Gasteiger partial charge in [0.2, 0.25) is 11.8 Å². The molecule has 6 nitrogen and oxygen atoms in total. The van der Waals surface area contributed by atoms with Crippen molar-refractivity contribution in [3.05, 3.63) is 59.2 Å². The first-order chi connectivity index (χ1) is 18.8. The van der Waals surface area contributed by atoms with Crippen molar-refractivity contribution in [3.63, 3.8) is 0 Å². The van der Waals surface area contributed by atoms with Gasteiger partial charge in [0.25, 0.3) is 0 Å². The minimum absolute atomic E-state index is 0.0574. The van der Waals surface area contributed by atoms with Crippen LogP contribution in [-0.2, 0) is 26.7 Å². The summed E-state index contributed by atoms with van der Waals surface area (Å²) in [5, 5.41) is 3.23. The van der Waals surface area contributed by atoms with Crippen LogP contribution in [0.2, 0.25) is 0 Å². The molecule has 0 aromatic heterocycles. The van der Waals surface area contributed by atoms with E-state index < -0.39 is 39.8 Å². The Kier molecular flexibility index (Phi) is 9.03. The molecule has 1 N–H and O–H groups in total. The predicted octanol–water partition coefficient (Wildman–Crippen LogP) is 5.78. The van der Waals surface area contributed by atoms with Gasteiger partial charge in [-0.05, 0) is 42.3 Å². The maximum Gasteiger partial charge on any atom is 0.418 e. The Labute approximate surface area is 231 Å². The molecule has 0 saturated carbocycles. The Morgan fingerprint density at radius 2 is 1.68 bits per heavy atom. The van der Waals surface area contributed by atoms with Crippen LogP contribution in [0.1, 0.15) is 30.0 Å². The van der Waals surface area contributed by atoms with Crippen LogP contribution in [0.5, 0.6) is 0 Å². The Morgan fingerprint density at radius 1 is 0.975 bits per heavy atom. The second kappa shape index (κ2) is 12.1. The predicted molar refractivity (Wildman–Crippen MR) is 138 cm³/mol. The number of nitrogens with zero attached hydrogens (tertiary/aromatic N) is 2. The molecule has 1 atom stereocenters. The highest BCUT2D eigenvalue weighted by Crippen LogP contribution is 2.48. The van der Waals surface area contributed by atoms with Crippen molar-refractivity contribution in [1.82, 2.24) is 9.80 Å². The molecule has 2 aromatic rings. The first kappa shape index (κ1) is 29.8. The number of carbonyl (C=O) groups is 2. The van der Waals surface area contributed by atoms with Crippen LogP contribution < -0.4 is 5.32 Å². The van der Waals surface area contributed by atoms with Crippen molar-refractivity contribution >= 4 is 35.3 Å². The lowest BCUT2D eigenvalue weighted by Gasteiger charge is -2.25. The van der Waals surface area contributed by atoms with Crippen LogP contribution in [0, 0.1) is 0 Å². The van der Waals surface area contributed by atoms with Gasteiger partial charge >= 0.3 is 12.4 Å². The average Bonchev–Trinajstić information content (AvgIpc) is 3.36. The van der Waals surface area contributed by atoms with Crippen molar-refractivity contribution < 1.29 is 40.7 Å². The number of nitrogens with one attached hydrogen (secondary N) is 1. The summed E-state index contributed by atoms with van der Waals surface area (Å²) >= 11 is 0.567. The van der Waals surface area contributed by atoms with Crippen LogP contribution in [-0.4, -0.2) is 67.0 Å². The first-order valence-corrected chi connectivity index (χ1v) is 13.3. The van der Waals surface area contributed by atoms with Crippen LogP contribution >= 0.6 is 11.8 Å². The van der Waals surface area contributed by atoms with E-state index in [0.29, 0.717) is 41.9 Å². The molecule has 4 rings (SSSR count). The van der Waals surface area contributed by atoms with Gasteiger partial charge in [-0.1, -0.05) is 23.9 Å². The lowest BCUT2D eigenvalue weighted by atomic mass is 9.99. The van der Waals surface area contributed by atoms with Crippen molar-refractivity contribution in [2.45, 2.75) is 41.5 Å². The fraction of sp³-hybridized carbons (Fsp3) is 0.407. The lowest BCUT2D eigenvalue weighted by molar-refractivity contribution is -0.163. The number of morpholine rings is 1. The Hall–Kier alpha value is -3.19. The third-order valence-electron chi connectivity index (χ3n) is 6.56. The molecule has 2 aliphatic heterocycles. The first-order valence-electron chi connectivity index (χ1n) is 12.5. The van der Waals surface area contributed by atoms with Crippen LogP contribution in [0.4, 0.5) is 32.0 Å². The fourth-order valence-electron chi connectivity index (χ4n) is 4.64. The van der Waals surface area contributed by atoms with Crippen molar-refractivity contribution in [2.24, 2.45) is 0 Å². The smallest absolute Gasteiger partial charge is 0.380 e. The lowest BCUT2D eigenvalue weighted by Crippen LogP contribution is -2.39. The standard InChI is InChI=1S/C27H27F6N3O3S/c1-17(37)36-10-9-20(16-36)34-19-3-2-4-21(15-19)40-22-7-5-18(6-8-23(38)35-11-13-39-14-12-35)24(26(28,29)30)25(22)27(31,32)33/h2-8,15,20,34H,9-14,16H2,1H3. The summed E-state index contributed by atoms with van der Waals surface area (Å²) in [6, 6.07) is 8.24. The van der Waals surface area contributed by atoms with E-state index >= 15 is 0 Å². The van der Waals surface area contributed by atoms with Gasteiger partial charge < -0.3 is 19.9 Å². The summed E-state index contributed by atoms with van der Waals surface area (Å²) in [7, 11) is 0. The van der Waals surface area contributed by atoms with E-state index in [9.17, 15) is 35.9 Å². The van der Waals surface area contributed by atoms with Gasteiger partial charge in [0, 0.05) is 60.7 Å². The summed E-state index contributed by atoms with van der Waals surface area (Å²) in [5.74, 6) is -0.668. The highest BCUT2D eigenvalue weighted by Gasteiger charge is 2.46. The average molecular weight is 588 g/mol. The largest absolute Gasteiger partial charge is 0.418 e. The zero-order valence-electron chi connectivity index (χ0n) is 21.4. The molecule has 2 heterocycles. The number of carbonyl (C=O) groups excluding carboxylic acids is 2. The quantitative estimate of drug-likeness (QED) is 0.343. The number of hydrogen-bond acceptors (Lipinski definition) is 5. The van der Waals surface area contributed by atoms with Gasteiger partial charge in [0.1, 0.15) is 0 Å². The number of anilines is 1. The number of halogens is 6. The minimum Gasteiger partial charge on any atom is -0.380 e. The third kappa shape index (κ3) is 7.30. The summed E-state index contributed by atoms with van der Waals surface area (Å²) in [6.45, 7) is 3.54. The molecule has 2 amide bonds. The maximum absolute atomic E-state index is 14.2. The molecular formula is C27H27F6N3O3S. The van der Waals surface area contributed by atoms with Gasteiger partial charge in [-0.25, -0.2) is 0 Å². The third-order valence-corrected chi connectivity index (χ3v) is 7.61. The van der Waals surface area contributed by atoms with E-state index in [2.05, 4.69) is 5.32 Å². The summed E-state index contributed by atoms with van der Waals surface area (Å²) in [5.41, 5.74) is -3.83. The normalized spacial score (nSPS) is 18.4. The Balaban J connectivity index is 1.63. The molecule has 2 fully saturated rings. The van der Waals surface area contributed by atoms with Crippen LogP contribution in [0.15, 0.2) is 52.3 Å². The molecule has 1 unspecified atom stereocenters. The van der Waals surface area contributed by atoms with Gasteiger partial charge in [-0.15, -0.1) is 0 Å². The number of hydrogen-bond donors (Lipinski definition) is 1. The maximum atomic E-state index is 14.2. The number of amides is 2. The number of ether oxygens (including phenoxy) is 1. The zero-order chi connectivity index (χ0) is 29.1. The molecule has 0 radical (unpaired) electrons. The number of likely N-dealkylation sites (tertiary alicyclic amines) is 1. The fourth-order valence-corrected chi connectivity index (χ4v) is 5.68. The van der Waals surface area contributed by atoms with Gasteiger partial charge in [0.15, 0.2) is 0 Å². The van der Waals surface area contributed by atoms with Crippen molar-refractivity contribution in [1.29, 1.82) is 0 Å². The SMILES string of the molecule is CC(=O)N1CCC(Nc2cccc(Sc3ccc(C=CC(=O)N4CCOCC4)c(C(F)(F)F)c3C(F)(F)F)c2)C1. The van der Waals surface area contributed by atoms with Crippen molar-refractivity contribution in [2.75, 3.05) is 44.7 Å². The van der Waals surface area contributed by atoms with Gasteiger partial charge in [0.05, 0.1) is 24.3 Å².